The maximum Gasteiger partial charge on any atom is 0.262 e. The molecule has 0 unspecified atom stereocenters. The number of benzene rings is 2. The first-order chi connectivity index (χ1) is 12.9. The lowest BCUT2D eigenvalue weighted by atomic mass is 10.2. The number of ether oxygens (including phenoxy) is 1. The van der Waals surface area contributed by atoms with Gasteiger partial charge in [-0.25, -0.2) is 8.42 Å². The number of rotatable bonds is 6. The van der Waals surface area contributed by atoms with Crippen LogP contribution in [0.5, 0.6) is 5.75 Å². The molecule has 0 radical (unpaired) electrons. The SMILES string of the molecule is CCN(C(=O)CCS(=O)(=O)c1ccc2c(c1)NC(=O)CO2)c1ccccc1. The Labute approximate surface area is 157 Å². The second-order valence-corrected chi connectivity index (χ2v) is 8.15. The smallest absolute Gasteiger partial charge is 0.262 e. The van der Waals surface area contributed by atoms with Crippen molar-refractivity contribution >= 4 is 33.0 Å². The average Bonchev–Trinajstić information content (AvgIpc) is 2.67. The molecule has 0 spiro atoms. The van der Waals surface area contributed by atoms with E-state index < -0.39 is 9.84 Å². The summed E-state index contributed by atoms with van der Waals surface area (Å²) in [6, 6.07) is 13.4. The predicted octanol–water partition coefficient (Wildman–Crippen LogP) is 2.23. The van der Waals surface area contributed by atoms with Crippen molar-refractivity contribution in [3.63, 3.8) is 0 Å². The first-order valence-corrected chi connectivity index (χ1v) is 10.2. The van der Waals surface area contributed by atoms with Crippen molar-refractivity contribution in [3.05, 3.63) is 48.5 Å². The van der Waals surface area contributed by atoms with Gasteiger partial charge >= 0.3 is 0 Å². The first kappa shape index (κ1) is 18.9. The highest BCUT2D eigenvalue weighted by Crippen LogP contribution is 2.30. The standard InChI is InChI=1S/C19H20N2O5S/c1-2-21(14-6-4-3-5-7-14)19(23)10-11-27(24,25)15-8-9-17-16(12-15)20-18(22)13-26-17/h3-9,12H,2,10-11,13H2,1H3,(H,20,22). The summed E-state index contributed by atoms with van der Waals surface area (Å²) in [5, 5.41) is 2.58. The highest BCUT2D eigenvalue weighted by molar-refractivity contribution is 7.91. The second kappa shape index (κ2) is 7.79. The van der Waals surface area contributed by atoms with Gasteiger partial charge in [-0.3, -0.25) is 9.59 Å². The quantitative estimate of drug-likeness (QED) is 0.819. The molecule has 142 valence electrons. The van der Waals surface area contributed by atoms with Crippen LogP contribution in [0.25, 0.3) is 0 Å². The number of hydrogen-bond donors (Lipinski definition) is 1. The van der Waals surface area contributed by atoms with Gasteiger partial charge in [0.1, 0.15) is 5.75 Å². The van der Waals surface area contributed by atoms with E-state index in [1.54, 1.807) is 4.90 Å². The lowest BCUT2D eigenvalue weighted by Gasteiger charge is -2.21. The van der Waals surface area contributed by atoms with E-state index in [0.29, 0.717) is 18.0 Å². The molecular weight excluding hydrogens is 368 g/mol. The number of sulfone groups is 1. The van der Waals surface area contributed by atoms with Crippen molar-refractivity contribution in [1.29, 1.82) is 0 Å². The van der Waals surface area contributed by atoms with Gasteiger partial charge < -0.3 is 15.0 Å². The number of nitrogens with zero attached hydrogens (tertiary/aromatic N) is 1. The van der Waals surface area contributed by atoms with Crippen molar-refractivity contribution in [2.45, 2.75) is 18.2 Å². The maximum atomic E-state index is 12.6. The molecule has 2 aromatic rings. The topological polar surface area (TPSA) is 92.8 Å². The van der Waals surface area contributed by atoms with Gasteiger partial charge in [-0.1, -0.05) is 18.2 Å². The molecule has 1 aliphatic rings. The summed E-state index contributed by atoms with van der Waals surface area (Å²) in [6.45, 7) is 2.19. The molecule has 7 nitrogen and oxygen atoms in total. The van der Waals surface area contributed by atoms with Gasteiger partial charge in [0.2, 0.25) is 5.91 Å². The van der Waals surface area contributed by atoms with E-state index in [0.717, 1.165) is 5.69 Å². The lowest BCUT2D eigenvalue weighted by molar-refractivity contribution is -0.119. The minimum absolute atomic E-state index is 0.0441. The number of anilines is 2. The molecule has 1 aliphatic heterocycles. The third-order valence-electron chi connectivity index (χ3n) is 4.21. The number of hydrogen-bond acceptors (Lipinski definition) is 5. The molecule has 3 rings (SSSR count). The number of carbonyl (C=O) groups excluding carboxylic acids is 2. The van der Waals surface area contributed by atoms with Gasteiger partial charge in [0.25, 0.3) is 5.91 Å². The van der Waals surface area contributed by atoms with Gasteiger partial charge in [0.15, 0.2) is 16.4 Å². The minimum Gasteiger partial charge on any atom is -0.482 e. The van der Waals surface area contributed by atoms with Crippen LogP contribution < -0.4 is 15.0 Å². The molecule has 2 aromatic carbocycles. The van der Waals surface area contributed by atoms with Crippen LogP contribution in [0.1, 0.15) is 13.3 Å². The maximum absolute atomic E-state index is 12.6. The van der Waals surface area contributed by atoms with Gasteiger partial charge in [0, 0.05) is 18.7 Å². The molecule has 0 aromatic heterocycles. The Morgan fingerprint density at radius 3 is 2.63 bits per heavy atom. The van der Waals surface area contributed by atoms with Crippen LogP contribution in [0.2, 0.25) is 0 Å². The fraction of sp³-hybridized carbons (Fsp3) is 0.263. The molecule has 2 amide bonds. The normalized spacial score (nSPS) is 13.3. The van der Waals surface area contributed by atoms with Gasteiger partial charge in [0.05, 0.1) is 16.3 Å². The summed E-state index contributed by atoms with van der Waals surface area (Å²) < 4.78 is 30.5. The van der Waals surface area contributed by atoms with Crippen molar-refractivity contribution in [2.24, 2.45) is 0 Å². The molecule has 0 bridgehead atoms. The molecule has 0 aliphatic carbocycles. The fourth-order valence-corrected chi connectivity index (χ4v) is 4.09. The Bertz CT molecular complexity index is 957. The fourth-order valence-electron chi connectivity index (χ4n) is 2.84. The number of para-hydroxylation sites is 1. The Morgan fingerprint density at radius 2 is 1.93 bits per heavy atom. The number of nitrogens with one attached hydrogen (secondary N) is 1. The highest BCUT2D eigenvalue weighted by atomic mass is 32.2. The molecule has 8 heteroatoms. The number of carbonyl (C=O) groups is 2. The summed E-state index contributed by atoms with van der Waals surface area (Å²) in [6.07, 6.45) is -0.134. The van der Waals surface area contributed by atoms with Gasteiger partial charge in [-0.2, -0.15) is 0 Å². The second-order valence-electron chi connectivity index (χ2n) is 6.04. The molecular formula is C19H20N2O5S. The van der Waals surface area contributed by atoms with E-state index in [4.69, 9.17) is 4.74 Å². The third kappa shape index (κ3) is 4.28. The van der Waals surface area contributed by atoms with Gasteiger partial charge in [-0.15, -0.1) is 0 Å². The zero-order valence-electron chi connectivity index (χ0n) is 14.8. The van der Waals surface area contributed by atoms with Crippen LogP contribution in [0, 0.1) is 0 Å². The van der Waals surface area contributed by atoms with Crippen LogP contribution in [-0.4, -0.2) is 39.1 Å². The summed E-state index contributed by atoms with van der Waals surface area (Å²) in [7, 11) is -3.68. The van der Waals surface area contributed by atoms with E-state index >= 15 is 0 Å². The summed E-state index contributed by atoms with van der Waals surface area (Å²) in [5.41, 5.74) is 1.05. The van der Waals surface area contributed by atoms with E-state index in [1.807, 2.05) is 37.3 Å². The third-order valence-corrected chi connectivity index (χ3v) is 5.93. The van der Waals surface area contributed by atoms with Crippen molar-refractivity contribution in [1.82, 2.24) is 0 Å². The average molecular weight is 388 g/mol. The van der Waals surface area contributed by atoms with E-state index in [-0.39, 0.29) is 35.5 Å². The van der Waals surface area contributed by atoms with Crippen LogP contribution in [-0.2, 0) is 19.4 Å². The molecule has 0 fully saturated rings. The monoisotopic (exact) mass is 388 g/mol. The largest absolute Gasteiger partial charge is 0.482 e. The summed E-state index contributed by atoms with van der Waals surface area (Å²) >= 11 is 0. The van der Waals surface area contributed by atoms with Crippen LogP contribution in [0.3, 0.4) is 0 Å². The van der Waals surface area contributed by atoms with Crippen molar-refractivity contribution in [2.75, 3.05) is 29.1 Å². The predicted molar refractivity (Wildman–Crippen MR) is 102 cm³/mol. The van der Waals surface area contributed by atoms with Gasteiger partial charge in [-0.05, 0) is 37.3 Å². The number of fused-ring (bicyclic) bond motifs is 1. The van der Waals surface area contributed by atoms with Crippen LogP contribution in [0.4, 0.5) is 11.4 Å². The Morgan fingerprint density at radius 1 is 1.19 bits per heavy atom. The Balaban J connectivity index is 1.72. The van der Waals surface area contributed by atoms with E-state index in [1.165, 1.54) is 18.2 Å². The first-order valence-electron chi connectivity index (χ1n) is 8.55. The van der Waals surface area contributed by atoms with Crippen LogP contribution >= 0.6 is 0 Å². The van der Waals surface area contributed by atoms with Crippen LogP contribution in [0.15, 0.2) is 53.4 Å². The molecule has 27 heavy (non-hydrogen) atoms. The zero-order chi connectivity index (χ0) is 19.4. The Kier molecular flexibility index (Phi) is 5.46. The molecule has 0 saturated heterocycles. The van der Waals surface area contributed by atoms with E-state index in [2.05, 4.69) is 5.32 Å². The Hall–Kier alpha value is -2.87. The molecule has 1 N–H and O–H groups in total. The molecule has 0 saturated carbocycles. The highest BCUT2D eigenvalue weighted by Gasteiger charge is 2.23. The summed E-state index contributed by atoms with van der Waals surface area (Å²) in [5.74, 6) is -0.496. The van der Waals surface area contributed by atoms with Crippen molar-refractivity contribution in [3.8, 4) is 5.75 Å². The van der Waals surface area contributed by atoms with Crippen molar-refractivity contribution < 1.29 is 22.7 Å². The zero-order valence-corrected chi connectivity index (χ0v) is 15.7. The van der Waals surface area contributed by atoms with E-state index in [9.17, 15) is 18.0 Å². The molecule has 0 atom stereocenters. The molecule has 1 heterocycles. The number of amides is 2. The minimum atomic E-state index is -3.68. The lowest BCUT2D eigenvalue weighted by Crippen LogP contribution is -2.32. The summed E-state index contributed by atoms with van der Waals surface area (Å²) in [4.78, 5) is 25.5.